The van der Waals surface area contributed by atoms with E-state index >= 15 is 0 Å². The third-order valence-electron chi connectivity index (χ3n) is 5.65. The summed E-state index contributed by atoms with van der Waals surface area (Å²) in [5.41, 5.74) is -0.185. The molecule has 0 unspecified atom stereocenters. The lowest BCUT2D eigenvalue weighted by atomic mass is 10.1. The molecule has 0 aromatic carbocycles. The molecule has 0 saturated carbocycles. The molecule has 0 saturated heterocycles. The third-order valence-corrected chi connectivity index (χ3v) is 5.65. The largest absolute Gasteiger partial charge is 0.494 e. The van der Waals surface area contributed by atoms with Gasteiger partial charge in [0.1, 0.15) is 11.8 Å². The van der Waals surface area contributed by atoms with Gasteiger partial charge in [-0.05, 0) is 13.0 Å². The lowest BCUT2D eigenvalue weighted by Gasteiger charge is -2.33. The van der Waals surface area contributed by atoms with Crippen LogP contribution < -0.4 is 14.8 Å². The van der Waals surface area contributed by atoms with E-state index in [0.717, 1.165) is 12.3 Å². The SMILES string of the molecule is [C-]#[N+]CC[C@H](NC(=O)N(CC)[C@@H](c1cc(-c2cn3ccnc3c(OC)n2)c(OC)cn1)C(F)(F)F)C(F)(F)F. The molecule has 10 nitrogen and oxygen atoms in total. The van der Waals surface area contributed by atoms with Gasteiger partial charge in [-0.1, -0.05) is 0 Å². The van der Waals surface area contributed by atoms with E-state index in [0.29, 0.717) is 5.65 Å². The number of aromatic nitrogens is 4. The molecule has 0 fully saturated rings. The fourth-order valence-corrected chi connectivity index (χ4v) is 3.83. The number of urea groups is 1. The van der Waals surface area contributed by atoms with Crippen molar-refractivity contribution in [3.63, 3.8) is 0 Å². The van der Waals surface area contributed by atoms with Crippen molar-refractivity contribution in [3.05, 3.63) is 48.0 Å². The molecule has 2 atom stereocenters. The number of nitrogens with zero attached hydrogens (tertiary/aromatic N) is 6. The molecule has 0 radical (unpaired) electrons. The van der Waals surface area contributed by atoms with Crippen LogP contribution in [0, 0.1) is 6.57 Å². The van der Waals surface area contributed by atoms with Crippen LogP contribution in [0.5, 0.6) is 11.6 Å². The van der Waals surface area contributed by atoms with Crippen LogP contribution in [0.15, 0.2) is 30.9 Å². The Morgan fingerprint density at radius 3 is 2.46 bits per heavy atom. The maximum atomic E-state index is 14.4. The van der Waals surface area contributed by atoms with E-state index in [9.17, 15) is 31.1 Å². The first-order valence-electron chi connectivity index (χ1n) is 11.3. The fraction of sp³-hybridized carbons (Fsp3) is 0.435. The van der Waals surface area contributed by atoms with Crippen LogP contribution in [-0.2, 0) is 0 Å². The molecule has 210 valence electrons. The zero-order valence-corrected chi connectivity index (χ0v) is 20.8. The lowest BCUT2D eigenvalue weighted by Crippen LogP contribution is -2.53. The number of hydrogen-bond acceptors (Lipinski definition) is 6. The van der Waals surface area contributed by atoms with Gasteiger partial charge in [0.05, 0.1) is 31.8 Å². The lowest BCUT2D eigenvalue weighted by molar-refractivity contribution is -0.180. The predicted octanol–water partition coefficient (Wildman–Crippen LogP) is 4.68. The van der Waals surface area contributed by atoms with Crippen LogP contribution in [0.4, 0.5) is 31.1 Å². The van der Waals surface area contributed by atoms with Crippen molar-refractivity contribution in [1.29, 1.82) is 0 Å². The van der Waals surface area contributed by atoms with Gasteiger partial charge >= 0.3 is 18.4 Å². The van der Waals surface area contributed by atoms with E-state index in [1.165, 1.54) is 37.9 Å². The molecule has 3 aromatic heterocycles. The summed E-state index contributed by atoms with van der Waals surface area (Å²) in [5.74, 6) is 0.106. The molecular weight excluding hydrogens is 536 g/mol. The van der Waals surface area contributed by atoms with E-state index in [4.69, 9.17) is 16.0 Å². The Morgan fingerprint density at radius 1 is 1.18 bits per heavy atom. The highest BCUT2D eigenvalue weighted by molar-refractivity contribution is 5.76. The Bertz CT molecular complexity index is 1350. The highest BCUT2D eigenvalue weighted by Gasteiger charge is 2.49. The summed E-state index contributed by atoms with van der Waals surface area (Å²) in [6.07, 6.45) is -5.44. The highest BCUT2D eigenvalue weighted by Crippen LogP contribution is 2.40. The minimum atomic E-state index is -5.13. The van der Waals surface area contributed by atoms with Crippen LogP contribution in [0.25, 0.3) is 21.7 Å². The Morgan fingerprint density at radius 2 is 1.90 bits per heavy atom. The summed E-state index contributed by atoms with van der Waals surface area (Å²) in [4.78, 5) is 28.0. The number of amides is 2. The second kappa shape index (κ2) is 11.6. The van der Waals surface area contributed by atoms with Crippen molar-refractivity contribution in [2.75, 3.05) is 27.3 Å². The Hall–Kier alpha value is -4.29. The number of nitrogens with one attached hydrogen (secondary N) is 1. The molecule has 1 N–H and O–H groups in total. The molecule has 2 amide bonds. The van der Waals surface area contributed by atoms with Crippen molar-refractivity contribution < 1.29 is 40.6 Å². The number of alkyl halides is 6. The molecule has 0 spiro atoms. The van der Waals surface area contributed by atoms with E-state index in [1.54, 1.807) is 11.5 Å². The summed E-state index contributed by atoms with van der Waals surface area (Å²) in [6.45, 7) is 6.69. The Balaban J connectivity index is 2.09. The Labute approximate surface area is 218 Å². The van der Waals surface area contributed by atoms with Crippen molar-refractivity contribution in [3.8, 4) is 22.9 Å². The zero-order valence-electron chi connectivity index (χ0n) is 20.8. The topological polar surface area (TPSA) is 98.2 Å². The van der Waals surface area contributed by atoms with E-state index in [1.807, 2.05) is 0 Å². The van der Waals surface area contributed by atoms with E-state index in [-0.39, 0.29) is 27.8 Å². The van der Waals surface area contributed by atoms with Gasteiger partial charge in [0.25, 0.3) is 5.88 Å². The average Bonchev–Trinajstić information content (AvgIpc) is 3.36. The number of carbonyl (C=O) groups is 1. The number of halogens is 6. The second-order valence-electron chi connectivity index (χ2n) is 8.05. The summed E-state index contributed by atoms with van der Waals surface area (Å²) < 4.78 is 95.3. The number of pyridine rings is 1. The van der Waals surface area contributed by atoms with Gasteiger partial charge in [0.2, 0.25) is 6.54 Å². The molecular formula is C23H23F6N7O3. The molecule has 16 heteroatoms. The summed E-state index contributed by atoms with van der Waals surface area (Å²) in [7, 11) is 2.60. The van der Waals surface area contributed by atoms with Gasteiger partial charge in [0.15, 0.2) is 11.7 Å². The number of fused-ring (bicyclic) bond motifs is 1. The quantitative estimate of drug-likeness (QED) is 0.302. The number of hydrogen-bond donors (Lipinski definition) is 1. The molecule has 0 aliphatic carbocycles. The van der Waals surface area contributed by atoms with Crippen LogP contribution >= 0.6 is 0 Å². The van der Waals surface area contributed by atoms with Crippen molar-refractivity contribution in [2.45, 2.75) is 37.8 Å². The average molecular weight is 559 g/mol. The molecule has 39 heavy (non-hydrogen) atoms. The van der Waals surface area contributed by atoms with Gasteiger partial charge < -0.3 is 28.9 Å². The molecule has 0 bridgehead atoms. The van der Waals surface area contributed by atoms with Crippen LogP contribution in [0.1, 0.15) is 25.1 Å². The minimum absolute atomic E-state index is 0.0393. The van der Waals surface area contributed by atoms with Crippen molar-refractivity contribution in [2.24, 2.45) is 0 Å². The highest BCUT2D eigenvalue weighted by atomic mass is 19.4. The number of ether oxygens (including phenoxy) is 2. The predicted molar refractivity (Wildman–Crippen MR) is 125 cm³/mol. The van der Waals surface area contributed by atoms with Gasteiger partial charge in [-0.15, -0.1) is 0 Å². The second-order valence-corrected chi connectivity index (χ2v) is 8.05. The maximum Gasteiger partial charge on any atom is 0.414 e. The normalized spacial score (nSPS) is 13.4. The van der Waals surface area contributed by atoms with Crippen molar-refractivity contribution >= 4 is 11.7 Å². The number of imidazole rings is 1. The number of methoxy groups -OCH3 is 2. The van der Waals surface area contributed by atoms with Crippen molar-refractivity contribution in [1.82, 2.24) is 29.6 Å². The van der Waals surface area contributed by atoms with Gasteiger partial charge in [-0.2, -0.15) is 26.3 Å². The zero-order chi connectivity index (χ0) is 29.0. The van der Waals surface area contributed by atoms with Gasteiger partial charge in [-0.25, -0.2) is 21.3 Å². The first-order valence-corrected chi connectivity index (χ1v) is 11.3. The van der Waals surface area contributed by atoms with Gasteiger partial charge in [0, 0.05) is 37.1 Å². The molecule has 3 heterocycles. The summed E-state index contributed by atoms with van der Waals surface area (Å²) in [6, 6.07) is -5.86. The first kappa shape index (κ1) is 29.3. The molecule has 3 aromatic rings. The molecule has 3 rings (SSSR count). The van der Waals surface area contributed by atoms with Crippen LogP contribution in [0.3, 0.4) is 0 Å². The third kappa shape index (κ3) is 6.41. The minimum Gasteiger partial charge on any atom is -0.494 e. The van der Waals surface area contributed by atoms with E-state index in [2.05, 4.69) is 19.8 Å². The smallest absolute Gasteiger partial charge is 0.414 e. The monoisotopic (exact) mass is 559 g/mol. The number of carbonyl (C=O) groups excluding carboxylic acids is 1. The fourth-order valence-electron chi connectivity index (χ4n) is 3.83. The standard InChI is InChI=1S/C23H23F6N7O3/c1-5-36(21(37)34-17(6-7-30-2)22(24,25)26)18(23(27,28)29)14-10-13(16(38-3)11-32-14)15-12-35-9-8-31-19(35)20(33-15)39-4/h8-12,17-18H,5-7H2,1,3-4H3,(H,34,37)/t17-,18-/m0/s1. The maximum absolute atomic E-state index is 14.4. The van der Waals surface area contributed by atoms with E-state index < -0.39 is 55.7 Å². The Kier molecular flexibility index (Phi) is 8.72. The van der Waals surface area contributed by atoms with Crippen LogP contribution in [0.2, 0.25) is 0 Å². The molecule has 0 aliphatic heterocycles. The summed E-state index contributed by atoms with van der Waals surface area (Å²) >= 11 is 0. The first-order chi connectivity index (χ1) is 18.3. The van der Waals surface area contributed by atoms with Crippen LogP contribution in [-0.4, -0.2) is 76.0 Å². The summed E-state index contributed by atoms with van der Waals surface area (Å²) in [5, 5.41) is 1.59. The van der Waals surface area contributed by atoms with Gasteiger partial charge in [-0.3, -0.25) is 4.98 Å². The molecule has 0 aliphatic rings. The number of rotatable bonds is 9.